The molecule has 2 N–H and O–H groups in total. The molecule has 2 heterocycles. The molecule has 1 unspecified atom stereocenters. The van der Waals surface area contributed by atoms with Crippen LogP contribution in [-0.4, -0.2) is 26.5 Å². The third-order valence-electron chi connectivity index (χ3n) is 2.60. The first-order chi connectivity index (χ1) is 8.72. The highest BCUT2D eigenvalue weighted by Crippen LogP contribution is 2.23. The summed E-state index contributed by atoms with van der Waals surface area (Å²) in [5.74, 6) is 2.24. The number of imidazole rings is 1. The van der Waals surface area contributed by atoms with Crippen molar-refractivity contribution in [2.45, 2.75) is 26.8 Å². The molecule has 0 aromatic carbocycles. The Hall–Kier alpha value is -2.11. The molecule has 0 fully saturated rings. The largest absolute Gasteiger partial charge is 0.478 e. The van der Waals surface area contributed by atoms with Crippen LogP contribution >= 0.6 is 0 Å². The molecule has 1 atom stereocenters. The predicted octanol–water partition coefficient (Wildman–Crippen LogP) is 2.08. The van der Waals surface area contributed by atoms with Crippen LogP contribution < -0.4 is 10.1 Å². The zero-order valence-electron chi connectivity index (χ0n) is 10.8. The molecule has 6 nitrogen and oxygen atoms in total. The molecule has 0 saturated carbocycles. The van der Waals surface area contributed by atoms with Crippen molar-refractivity contribution in [2.24, 2.45) is 0 Å². The number of ether oxygens (including phenoxy) is 1. The van der Waals surface area contributed by atoms with Crippen LogP contribution in [0.1, 0.15) is 31.3 Å². The van der Waals surface area contributed by atoms with E-state index >= 15 is 0 Å². The second kappa shape index (κ2) is 5.48. The van der Waals surface area contributed by atoms with E-state index in [0.29, 0.717) is 12.5 Å². The fraction of sp³-hybridized carbons (Fsp3) is 0.417. The van der Waals surface area contributed by atoms with Gasteiger partial charge in [-0.05, 0) is 20.8 Å². The van der Waals surface area contributed by atoms with Crippen molar-refractivity contribution in [2.75, 3.05) is 11.9 Å². The van der Waals surface area contributed by atoms with Crippen LogP contribution in [0, 0.1) is 6.92 Å². The molecule has 2 rings (SSSR count). The van der Waals surface area contributed by atoms with Crippen molar-refractivity contribution in [1.29, 1.82) is 0 Å². The Morgan fingerprint density at radius 3 is 2.89 bits per heavy atom. The molecule has 0 aliphatic carbocycles. The molecular weight excluding hydrogens is 230 g/mol. The van der Waals surface area contributed by atoms with Crippen LogP contribution in [0.25, 0.3) is 0 Å². The first kappa shape index (κ1) is 12.3. The van der Waals surface area contributed by atoms with Crippen molar-refractivity contribution in [1.82, 2.24) is 19.9 Å². The third kappa shape index (κ3) is 2.58. The second-order valence-corrected chi connectivity index (χ2v) is 3.93. The fourth-order valence-corrected chi connectivity index (χ4v) is 1.65. The standard InChI is InChI=1S/C12H17N5O/c1-4-18-12-8(2)10(15-7-16-12)17-9(3)11-13-5-6-14-11/h5-7,9H,4H2,1-3H3,(H,13,14)(H,15,16,17). The summed E-state index contributed by atoms with van der Waals surface area (Å²) in [5.41, 5.74) is 0.901. The van der Waals surface area contributed by atoms with Crippen LogP contribution in [-0.2, 0) is 0 Å². The molecule has 2 aromatic rings. The Morgan fingerprint density at radius 2 is 2.22 bits per heavy atom. The summed E-state index contributed by atoms with van der Waals surface area (Å²) in [4.78, 5) is 15.6. The summed E-state index contributed by atoms with van der Waals surface area (Å²) in [6.45, 7) is 6.47. The van der Waals surface area contributed by atoms with E-state index in [-0.39, 0.29) is 6.04 Å². The highest BCUT2D eigenvalue weighted by atomic mass is 16.5. The molecule has 96 valence electrons. The highest BCUT2D eigenvalue weighted by molar-refractivity contribution is 5.48. The number of nitrogens with zero attached hydrogens (tertiary/aromatic N) is 3. The average molecular weight is 247 g/mol. The first-order valence-corrected chi connectivity index (χ1v) is 5.92. The van der Waals surface area contributed by atoms with Gasteiger partial charge in [-0.3, -0.25) is 0 Å². The Bertz CT molecular complexity index is 497. The highest BCUT2D eigenvalue weighted by Gasteiger charge is 2.12. The van der Waals surface area contributed by atoms with Crippen molar-refractivity contribution in [3.8, 4) is 5.88 Å². The number of aromatic nitrogens is 4. The van der Waals surface area contributed by atoms with E-state index in [9.17, 15) is 0 Å². The summed E-state index contributed by atoms with van der Waals surface area (Å²) in [7, 11) is 0. The van der Waals surface area contributed by atoms with Gasteiger partial charge in [-0.2, -0.15) is 0 Å². The predicted molar refractivity (Wildman–Crippen MR) is 68.6 cm³/mol. The number of hydrogen-bond acceptors (Lipinski definition) is 5. The van der Waals surface area contributed by atoms with Gasteiger partial charge in [0.25, 0.3) is 0 Å². The van der Waals surface area contributed by atoms with Gasteiger partial charge in [-0.15, -0.1) is 0 Å². The molecule has 0 amide bonds. The molecule has 18 heavy (non-hydrogen) atoms. The Balaban J connectivity index is 2.16. The van der Waals surface area contributed by atoms with Gasteiger partial charge in [0.1, 0.15) is 18.0 Å². The molecule has 6 heteroatoms. The maximum Gasteiger partial charge on any atom is 0.221 e. The smallest absolute Gasteiger partial charge is 0.221 e. The normalized spacial score (nSPS) is 12.2. The van der Waals surface area contributed by atoms with Gasteiger partial charge in [0.2, 0.25) is 5.88 Å². The quantitative estimate of drug-likeness (QED) is 0.846. The molecule has 0 radical (unpaired) electrons. The van der Waals surface area contributed by atoms with Gasteiger partial charge in [-0.25, -0.2) is 15.0 Å². The Labute approximate surface area is 106 Å². The second-order valence-electron chi connectivity index (χ2n) is 3.93. The fourth-order valence-electron chi connectivity index (χ4n) is 1.65. The summed E-state index contributed by atoms with van der Waals surface area (Å²) >= 11 is 0. The van der Waals surface area contributed by atoms with Crippen LogP contribution in [0.4, 0.5) is 5.82 Å². The number of hydrogen-bond donors (Lipinski definition) is 2. The molecule has 0 aliphatic rings. The van der Waals surface area contributed by atoms with Gasteiger partial charge in [-0.1, -0.05) is 0 Å². The van der Waals surface area contributed by atoms with Gasteiger partial charge < -0.3 is 15.0 Å². The molecule has 0 aliphatic heterocycles. The van der Waals surface area contributed by atoms with E-state index in [1.54, 1.807) is 12.4 Å². The average Bonchev–Trinajstić information content (AvgIpc) is 2.88. The monoisotopic (exact) mass is 247 g/mol. The van der Waals surface area contributed by atoms with Crippen molar-refractivity contribution in [3.05, 3.63) is 30.1 Å². The lowest BCUT2D eigenvalue weighted by atomic mass is 10.2. The van der Waals surface area contributed by atoms with Crippen LogP contribution in [0.5, 0.6) is 5.88 Å². The van der Waals surface area contributed by atoms with E-state index in [1.807, 2.05) is 20.8 Å². The van der Waals surface area contributed by atoms with Crippen LogP contribution in [0.3, 0.4) is 0 Å². The first-order valence-electron chi connectivity index (χ1n) is 5.92. The topological polar surface area (TPSA) is 75.7 Å². The van der Waals surface area contributed by atoms with Crippen molar-refractivity contribution >= 4 is 5.82 Å². The van der Waals surface area contributed by atoms with E-state index in [0.717, 1.165) is 17.2 Å². The number of nitrogens with one attached hydrogen (secondary N) is 2. The molecule has 2 aromatic heterocycles. The number of anilines is 1. The summed E-state index contributed by atoms with van der Waals surface area (Å²) in [6.07, 6.45) is 5.02. The summed E-state index contributed by atoms with van der Waals surface area (Å²) < 4.78 is 5.44. The van der Waals surface area contributed by atoms with Gasteiger partial charge in [0.05, 0.1) is 18.2 Å². The number of rotatable bonds is 5. The SMILES string of the molecule is CCOc1ncnc(NC(C)c2ncc[nH]2)c1C. The minimum Gasteiger partial charge on any atom is -0.478 e. The lowest BCUT2D eigenvalue weighted by Gasteiger charge is -2.15. The lowest BCUT2D eigenvalue weighted by molar-refractivity contribution is 0.324. The van der Waals surface area contributed by atoms with Gasteiger partial charge in [0, 0.05) is 12.4 Å². The summed E-state index contributed by atoms with van der Waals surface area (Å²) in [5, 5.41) is 3.29. The van der Waals surface area contributed by atoms with Crippen LogP contribution in [0.2, 0.25) is 0 Å². The third-order valence-corrected chi connectivity index (χ3v) is 2.60. The molecule has 0 saturated heterocycles. The maximum atomic E-state index is 5.44. The maximum absolute atomic E-state index is 5.44. The molecule has 0 spiro atoms. The van der Waals surface area contributed by atoms with E-state index in [4.69, 9.17) is 4.74 Å². The van der Waals surface area contributed by atoms with Crippen molar-refractivity contribution < 1.29 is 4.74 Å². The van der Waals surface area contributed by atoms with E-state index in [1.165, 1.54) is 6.33 Å². The zero-order chi connectivity index (χ0) is 13.0. The molecule has 0 bridgehead atoms. The van der Waals surface area contributed by atoms with Crippen LogP contribution in [0.15, 0.2) is 18.7 Å². The van der Waals surface area contributed by atoms with E-state index < -0.39 is 0 Å². The molecular formula is C12H17N5O. The number of aromatic amines is 1. The van der Waals surface area contributed by atoms with E-state index in [2.05, 4.69) is 25.3 Å². The number of H-pyrrole nitrogens is 1. The van der Waals surface area contributed by atoms with Gasteiger partial charge >= 0.3 is 0 Å². The Kier molecular flexibility index (Phi) is 3.76. The minimum absolute atomic E-state index is 0.0445. The lowest BCUT2D eigenvalue weighted by Crippen LogP contribution is -2.11. The Morgan fingerprint density at radius 1 is 1.39 bits per heavy atom. The van der Waals surface area contributed by atoms with Gasteiger partial charge in [0.15, 0.2) is 0 Å². The van der Waals surface area contributed by atoms with Crippen molar-refractivity contribution in [3.63, 3.8) is 0 Å². The summed E-state index contributed by atoms with van der Waals surface area (Å²) in [6, 6.07) is 0.0445. The minimum atomic E-state index is 0.0445. The zero-order valence-corrected chi connectivity index (χ0v) is 10.8.